The van der Waals surface area contributed by atoms with Crippen LogP contribution in [-0.4, -0.2) is 84.0 Å². The Hall–Kier alpha value is -5.13. The normalized spacial score (nSPS) is 24.1. The van der Waals surface area contributed by atoms with Crippen molar-refractivity contribution in [2.24, 2.45) is 0 Å². The highest BCUT2D eigenvalue weighted by Gasteiger charge is 2.54. The van der Waals surface area contributed by atoms with Crippen molar-refractivity contribution >= 4 is 10.1 Å². The molecule has 0 bridgehead atoms. The van der Waals surface area contributed by atoms with Gasteiger partial charge in [0.1, 0.15) is 42.7 Å². The average molecular weight is 931 g/mol. The van der Waals surface area contributed by atoms with E-state index in [1.165, 1.54) is 6.07 Å². The number of aryl methyl sites for hydroxylation is 1. The summed E-state index contributed by atoms with van der Waals surface area (Å²) in [6.45, 7) is 2.52. The van der Waals surface area contributed by atoms with Crippen molar-refractivity contribution in [3.8, 4) is 0 Å². The second-order valence-electron chi connectivity index (χ2n) is 16.5. The molecule has 12 nitrogen and oxygen atoms in total. The second kappa shape index (κ2) is 24.2. The van der Waals surface area contributed by atoms with Crippen molar-refractivity contribution in [3.63, 3.8) is 0 Å². The SMILES string of the molecule is CO[C@H]1O[C@H](COCc2ccccc2)[C@@H](OCc2ccccc2)[C@H](O[C@@H]2O[C@@H](COS(=O)(=O)c3ccccc3C)[C@@H](OCc3ccccc3)[C@@H]2OCc2ccccc2)[C@@H]1OCc1ccccc1. The maximum Gasteiger partial charge on any atom is 0.297 e. The topological polar surface area (TPSA) is 126 Å². The van der Waals surface area contributed by atoms with E-state index < -0.39 is 72.0 Å². The minimum absolute atomic E-state index is 0.0598. The lowest BCUT2D eigenvalue weighted by atomic mass is 9.97. The summed E-state index contributed by atoms with van der Waals surface area (Å²) in [5, 5.41) is 0. The van der Waals surface area contributed by atoms with Gasteiger partial charge in [-0.05, 0) is 46.4 Å². The van der Waals surface area contributed by atoms with Gasteiger partial charge in [0.2, 0.25) is 0 Å². The van der Waals surface area contributed by atoms with Crippen molar-refractivity contribution in [2.45, 2.75) is 100 Å². The van der Waals surface area contributed by atoms with Gasteiger partial charge in [0, 0.05) is 7.11 Å². The van der Waals surface area contributed by atoms with E-state index in [0.717, 1.165) is 27.8 Å². The summed E-state index contributed by atoms with van der Waals surface area (Å²) >= 11 is 0. The Kier molecular flexibility index (Phi) is 17.5. The Morgan fingerprint density at radius 3 is 1.27 bits per heavy atom. The molecule has 2 fully saturated rings. The van der Waals surface area contributed by atoms with E-state index in [0.29, 0.717) is 12.2 Å². The summed E-state index contributed by atoms with van der Waals surface area (Å²) in [5.41, 5.74) is 5.21. The van der Waals surface area contributed by atoms with Gasteiger partial charge in [-0.25, -0.2) is 0 Å². The summed E-state index contributed by atoms with van der Waals surface area (Å²) in [6, 6.07) is 55.6. The molecule has 0 N–H and O–H groups in total. The maximum absolute atomic E-state index is 13.8. The quantitative estimate of drug-likeness (QED) is 0.0571. The minimum Gasteiger partial charge on any atom is -0.374 e. The summed E-state index contributed by atoms with van der Waals surface area (Å²) in [4.78, 5) is 0.0598. The van der Waals surface area contributed by atoms with E-state index in [4.69, 9.17) is 46.8 Å². The Bertz CT molecular complexity index is 2470. The van der Waals surface area contributed by atoms with Gasteiger partial charge < -0.3 is 42.6 Å². The smallest absolute Gasteiger partial charge is 0.297 e. The van der Waals surface area contributed by atoms with Crippen LogP contribution in [0.3, 0.4) is 0 Å². The first-order chi connectivity index (χ1) is 32.8. The summed E-state index contributed by atoms with van der Waals surface area (Å²) in [6.07, 6.45) is -8.24. The molecule has 9 atom stereocenters. The Labute approximate surface area is 393 Å². The molecule has 2 heterocycles. The van der Waals surface area contributed by atoms with E-state index in [1.54, 1.807) is 32.2 Å². The molecule has 0 saturated carbocycles. The molecule has 0 aliphatic carbocycles. The fraction of sp³-hybridized carbons (Fsp3) is 0.333. The Morgan fingerprint density at radius 1 is 0.433 bits per heavy atom. The van der Waals surface area contributed by atoms with Gasteiger partial charge in [0.25, 0.3) is 10.1 Å². The maximum atomic E-state index is 13.8. The molecule has 2 aliphatic heterocycles. The standard InChI is InChI=1S/C54H58O12S/c1-39-20-18-19-31-47(39)67(55,56)63-38-46-49(60-34-42-25-12-5-13-26-42)51(61-35-43-27-14-6-15-28-43)54(65-46)66-50-48(59-33-41-23-10-4-11-24-41)45(37-58-32-40-21-8-3-9-22-40)64-53(57-2)52(50)62-36-44-29-16-7-17-30-44/h3-31,45-46,48-54H,32-38H2,1-2H3/t45-,46+,48-,49-,50+,51+,52+,53+,54+/m1/s1. The van der Waals surface area contributed by atoms with E-state index >= 15 is 0 Å². The molecule has 0 spiro atoms. The number of hydrogen-bond donors (Lipinski definition) is 0. The fourth-order valence-electron chi connectivity index (χ4n) is 8.19. The zero-order chi connectivity index (χ0) is 46.3. The minimum atomic E-state index is -4.22. The molecular weight excluding hydrogens is 873 g/mol. The van der Waals surface area contributed by atoms with Gasteiger partial charge in [-0.1, -0.05) is 170 Å². The van der Waals surface area contributed by atoms with Crippen molar-refractivity contribution in [1.82, 2.24) is 0 Å². The molecule has 0 aromatic heterocycles. The van der Waals surface area contributed by atoms with Crippen LogP contribution in [0.5, 0.6) is 0 Å². The highest BCUT2D eigenvalue weighted by Crippen LogP contribution is 2.37. The largest absolute Gasteiger partial charge is 0.374 e. The third-order valence-electron chi connectivity index (χ3n) is 11.7. The van der Waals surface area contributed by atoms with Crippen molar-refractivity contribution in [2.75, 3.05) is 20.3 Å². The molecular formula is C54H58O12S. The molecule has 13 heteroatoms. The summed E-state index contributed by atoms with van der Waals surface area (Å²) < 4.78 is 93.6. The van der Waals surface area contributed by atoms with Crippen LogP contribution in [0.1, 0.15) is 33.4 Å². The molecule has 6 aromatic carbocycles. The Morgan fingerprint density at radius 2 is 0.806 bits per heavy atom. The lowest BCUT2D eigenvalue weighted by Crippen LogP contribution is -2.62. The second-order valence-corrected chi connectivity index (χ2v) is 18.1. The van der Waals surface area contributed by atoms with Crippen LogP contribution >= 0.6 is 0 Å². The molecule has 352 valence electrons. The molecule has 8 rings (SSSR count). The third-order valence-corrected chi connectivity index (χ3v) is 13.1. The van der Waals surface area contributed by atoms with Crippen LogP contribution in [0.4, 0.5) is 0 Å². The number of benzene rings is 6. The van der Waals surface area contributed by atoms with Crippen molar-refractivity contribution < 1.29 is 55.2 Å². The summed E-state index contributed by atoms with van der Waals surface area (Å²) in [7, 11) is -2.67. The van der Waals surface area contributed by atoms with Gasteiger partial charge in [0.15, 0.2) is 12.6 Å². The van der Waals surface area contributed by atoms with E-state index in [2.05, 4.69) is 0 Å². The first-order valence-corrected chi connectivity index (χ1v) is 23.9. The van der Waals surface area contributed by atoms with E-state index in [9.17, 15) is 8.42 Å². The van der Waals surface area contributed by atoms with Gasteiger partial charge >= 0.3 is 0 Å². The average Bonchev–Trinajstić information content (AvgIpc) is 3.70. The number of methoxy groups -OCH3 is 1. The fourth-order valence-corrected chi connectivity index (χ4v) is 9.34. The predicted octanol–water partition coefficient (Wildman–Crippen LogP) is 8.74. The van der Waals surface area contributed by atoms with Gasteiger partial charge in [-0.15, -0.1) is 0 Å². The number of rotatable bonds is 23. The molecule has 0 radical (unpaired) electrons. The predicted molar refractivity (Wildman–Crippen MR) is 250 cm³/mol. The van der Waals surface area contributed by atoms with E-state index in [-0.39, 0.29) is 37.9 Å². The molecule has 0 amide bonds. The first kappa shape index (κ1) is 48.3. The molecule has 6 aromatic rings. The van der Waals surface area contributed by atoms with Crippen LogP contribution < -0.4 is 0 Å². The summed E-state index contributed by atoms with van der Waals surface area (Å²) in [5.74, 6) is 0. The molecule has 2 aliphatic rings. The van der Waals surface area contributed by atoms with Gasteiger partial charge in [-0.2, -0.15) is 8.42 Å². The van der Waals surface area contributed by atoms with Crippen LogP contribution in [-0.2, 0) is 90.0 Å². The zero-order valence-electron chi connectivity index (χ0n) is 37.7. The monoisotopic (exact) mass is 930 g/mol. The van der Waals surface area contributed by atoms with Crippen molar-refractivity contribution in [1.29, 1.82) is 0 Å². The lowest BCUT2D eigenvalue weighted by Gasteiger charge is -2.46. The Balaban J connectivity index is 1.15. The van der Waals surface area contributed by atoms with Gasteiger partial charge in [-0.3, -0.25) is 4.18 Å². The van der Waals surface area contributed by atoms with Crippen LogP contribution in [0.2, 0.25) is 0 Å². The number of ether oxygens (including phenoxy) is 9. The zero-order valence-corrected chi connectivity index (χ0v) is 38.5. The molecule has 67 heavy (non-hydrogen) atoms. The highest BCUT2D eigenvalue weighted by atomic mass is 32.2. The molecule has 0 unspecified atom stereocenters. The highest BCUT2D eigenvalue weighted by molar-refractivity contribution is 7.86. The van der Waals surface area contributed by atoms with Gasteiger partial charge in [0.05, 0.1) is 51.1 Å². The van der Waals surface area contributed by atoms with Crippen LogP contribution in [0, 0.1) is 6.92 Å². The van der Waals surface area contributed by atoms with E-state index in [1.807, 2.05) is 152 Å². The number of hydrogen-bond acceptors (Lipinski definition) is 12. The molecule has 2 saturated heterocycles. The first-order valence-electron chi connectivity index (χ1n) is 22.5. The third kappa shape index (κ3) is 13.3. The van der Waals surface area contributed by atoms with Crippen molar-refractivity contribution in [3.05, 3.63) is 209 Å². The lowest BCUT2D eigenvalue weighted by molar-refractivity contribution is -0.344. The van der Waals surface area contributed by atoms with Crippen LogP contribution in [0.15, 0.2) is 181 Å². The van der Waals surface area contributed by atoms with Crippen LogP contribution in [0.25, 0.3) is 0 Å².